The highest BCUT2D eigenvalue weighted by Crippen LogP contribution is 2.33. The smallest absolute Gasteiger partial charge is 0.127 e. The lowest BCUT2D eigenvalue weighted by atomic mass is 10.0. The van der Waals surface area contributed by atoms with Crippen LogP contribution >= 0.6 is 0 Å². The van der Waals surface area contributed by atoms with E-state index < -0.39 is 0 Å². The summed E-state index contributed by atoms with van der Waals surface area (Å²) >= 11 is 0. The lowest BCUT2D eigenvalue weighted by Crippen LogP contribution is -2.40. The molecule has 0 aromatic heterocycles. The molecule has 1 aliphatic heterocycles. The number of hydrogen-bond acceptors (Lipinski definition) is 4. The van der Waals surface area contributed by atoms with Crippen LogP contribution in [-0.4, -0.2) is 38.3 Å². The molecule has 20 heavy (non-hydrogen) atoms. The number of ether oxygens (including phenoxy) is 2. The molecule has 2 atom stereocenters. The van der Waals surface area contributed by atoms with Crippen LogP contribution in [0.1, 0.15) is 37.8 Å². The fourth-order valence-corrected chi connectivity index (χ4v) is 2.82. The van der Waals surface area contributed by atoms with Crippen molar-refractivity contribution in [2.24, 2.45) is 5.73 Å². The number of likely N-dealkylation sites (N-methyl/N-ethyl adjacent to an activating group) is 1. The fourth-order valence-electron chi connectivity index (χ4n) is 2.82. The van der Waals surface area contributed by atoms with Gasteiger partial charge in [0.05, 0.1) is 12.7 Å². The first-order valence-electron chi connectivity index (χ1n) is 7.39. The maximum Gasteiger partial charge on any atom is 0.127 e. The van der Waals surface area contributed by atoms with Gasteiger partial charge in [-0.3, -0.25) is 0 Å². The summed E-state index contributed by atoms with van der Waals surface area (Å²) in [6.07, 6.45) is 3.78. The van der Waals surface area contributed by atoms with Crippen molar-refractivity contribution < 1.29 is 9.47 Å². The first-order chi connectivity index (χ1) is 9.63. The molecule has 0 spiro atoms. The predicted molar refractivity (Wildman–Crippen MR) is 81.4 cm³/mol. The molecule has 0 radical (unpaired) electrons. The van der Waals surface area contributed by atoms with Gasteiger partial charge in [0.2, 0.25) is 0 Å². The second kappa shape index (κ2) is 6.95. The van der Waals surface area contributed by atoms with Crippen molar-refractivity contribution in [3.63, 3.8) is 0 Å². The van der Waals surface area contributed by atoms with Crippen molar-refractivity contribution in [3.8, 4) is 11.5 Å². The topological polar surface area (TPSA) is 47.7 Å². The molecule has 4 heteroatoms. The lowest BCUT2D eigenvalue weighted by Gasteiger charge is -2.32. The molecule has 112 valence electrons. The average Bonchev–Trinajstić information content (AvgIpc) is 2.45. The molecule has 1 aromatic rings. The number of rotatable bonds is 5. The van der Waals surface area contributed by atoms with E-state index in [1.807, 2.05) is 25.1 Å². The number of nitrogens with two attached hydrogens (primary N) is 1. The van der Waals surface area contributed by atoms with Gasteiger partial charge < -0.3 is 20.1 Å². The van der Waals surface area contributed by atoms with Crippen LogP contribution < -0.4 is 15.2 Å². The minimum Gasteiger partial charge on any atom is -0.496 e. The summed E-state index contributed by atoms with van der Waals surface area (Å²) in [5, 5.41) is 0. The van der Waals surface area contributed by atoms with E-state index in [0.717, 1.165) is 23.6 Å². The van der Waals surface area contributed by atoms with E-state index in [1.54, 1.807) is 7.11 Å². The molecule has 1 aromatic carbocycles. The summed E-state index contributed by atoms with van der Waals surface area (Å²) in [4.78, 5) is 2.38. The van der Waals surface area contributed by atoms with Gasteiger partial charge in [-0.05, 0) is 45.5 Å². The van der Waals surface area contributed by atoms with Crippen molar-refractivity contribution in [2.45, 2.75) is 38.3 Å². The maximum absolute atomic E-state index is 6.06. The largest absolute Gasteiger partial charge is 0.496 e. The molecular formula is C16H26N2O2. The van der Waals surface area contributed by atoms with Crippen LogP contribution in [0, 0.1) is 0 Å². The van der Waals surface area contributed by atoms with Gasteiger partial charge in [-0.25, -0.2) is 0 Å². The molecule has 0 saturated carbocycles. The van der Waals surface area contributed by atoms with Gasteiger partial charge in [-0.2, -0.15) is 0 Å². The number of likely N-dealkylation sites (tertiary alicyclic amines) is 1. The number of nitrogens with zero attached hydrogens (tertiary/aromatic N) is 1. The maximum atomic E-state index is 6.06. The standard InChI is InChI=1S/C16H26N2O2/c1-12(17)16-14(19-3)8-6-9-15(16)20-11-13-7-4-5-10-18(13)2/h6,8-9,12-13H,4-5,7,10-11,17H2,1-3H3. The molecule has 0 amide bonds. The van der Waals surface area contributed by atoms with Gasteiger partial charge in [0.15, 0.2) is 0 Å². The Labute approximate surface area is 121 Å². The van der Waals surface area contributed by atoms with E-state index in [0.29, 0.717) is 12.6 Å². The minimum atomic E-state index is -0.106. The Morgan fingerprint density at radius 3 is 2.75 bits per heavy atom. The van der Waals surface area contributed by atoms with E-state index >= 15 is 0 Å². The summed E-state index contributed by atoms with van der Waals surface area (Å²) in [6, 6.07) is 6.24. The Bertz CT molecular complexity index is 434. The Hall–Kier alpha value is -1.26. The van der Waals surface area contributed by atoms with Gasteiger partial charge in [0, 0.05) is 12.1 Å². The van der Waals surface area contributed by atoms with Gasteiger partial charge in [-0.1, -0.05) is 12.5 Å². The van der Waals surface area contributed by atoms with Crippen molar-refractivity contribution in [1.82, 2.24) is 4.90 Å². The lowest BCUT2D eigenvalue weighted by molar-refractivity contribution is 0.124. The summed E-state index contributed by atoms with van der Waals surface area (Å²) in [6.45, 7) is 3.83. The molecule has 4 nitrogen and oxygen atoms in total. The summed E-state index contributed by atoms with van der Waals surface area (Å²) in [5.74, 6) is 1.65. The minimum absolute atomic E-state index is 0.106. The van der Waals surface area contributed by atoms with Crippen molar-refractivity contribution in [3.05, 3.63) is 23.8 Å². The Morgan fingerprint density at radius 2 is 2.10 bits per heavy atom. The summed E-state index contributed by atoms with van der Waals surface area (Å²) < 4.78 is 11.4. The van der Waals surface area contributed by atoms with E-state index in [9.17, 15) is 0 Å². The molecule has 1 saturated heterocycles. The van der Waals surface area contributed by atoms with Gasteiger partial charge in [0.25, 0.3) is 0 Å². The number of benzene rings is 1. The first kappa shape index (κ1) is 15.1. The predicted octanol–water partition coefficient (Wildman–Crippen LogP) is 2.58. The van der Waals surface area contributed by atoms with Crippen LogP contribution in [0.3, 0.4) is 0 Å². The van der Waals surface area contributed by atoms with Crippen molar-refractivity contribution in [1.29, 1.82) is 0 Å². The van der Waals surface area contributed by atoms with E-state index in [2.05, 4.69) is 11.9 Å². The quantitative estimate of drug-likeness (QED) is 0.899. The second-order valence-electron chi connectivity index (χ2n) is 5.60. The highest BCUT2D eigenvalue weighted by molar-refractivity contribution is 5.46. The SMILES string of the molecule is COc1cccc(OCC2CCCCN2C)c1C(C)N. The molecule has 2 unspecified atom stereocenters. The van der Waals surface area contributed by atoms with Crippen LogP contribution in [0.2, 0.25) is 0 Å². The van der Waals surface area contributed by atoms with Crippen LogP contribution in [0.5, 0.6) is 11.5 Å². The van der Waals surface area contributed by atoms with E-state index in [4.69, 9.17) is 15.2 Å². The van der Waals surface area contributed by atoms with E-state index in [1.165, 1.54) is 19.3 Å². The molecular weight excluding hydrogens is 252 g/mol. The van der Waals surface area contributed by atoms with Gasteiger partial charge in [0.1, 0.15) is 18.1 Å². The van der Waals surface area contributed by atoms with Crippen molar-refractivity contribution in [2.75, 3.05) is 27.3 Å². The highest BCUT2D eigenvalue weighted by Gasteiger charge is 2.21. The first-order valence-corrected chi connectivity index (χ1v) is 7.39. The van der Waals surface area contributed by atoms with E-state index in [-0.39, 0.29) is 6.04 Å². The van der Waals surface area contributed by atoms with Gasteiger partial charge >= 0.3 is 0 Å². The third kappa shape index (κ3) is 3.44. The normalized spacial score (nSPS) is 21.5. The molecule has 2 rings (SSSR count). The Morgan fingerprint density at radius 1 is 1.35 bits per heavy atom. The summed E-state index contributed by atoms with van der Waals surface area (Å²) in [7, 11) is 3.84. The molecule has 0 aliphatic carbocycles. The highest BCUT2D eigenvalue weighted by atomic mass is 16.5. The third-order valence-electron chi connectivity index (χ3n) is 4.05. The van der Waals surface area contributed by atoms with Crippen LogP contribution in [0.4, 0.5) is 0 Å². The van der Waals surface area contributed by atoms with Gasteiger partial charge in [-0.15, -0.1) is 0 Å². The molecule has 1 heterocycles. The number of hydrogen-bond donors (Lipinski definition) is 1. The van der Waals surface area contributed by atoms with Crippen LogP contribution in [-0.2, 0) is 0 Å². The molecule has 0 bridgehead atoms. The second-order valence-corrected chi connectivity index (χ2v) is 5.60. The van der Waals surface area contributed by atoms with Crippen LogP contribution in [0.15, 0.2) is 18.2 Å². The molecule has 1 aliphatic rings. The average molecular weight is 278 g/mol. The van der Waals surface area contributed by atoms with Crippen molar-refractivity contribution >= 4 is 0 Å². The van der Waals surface area contributed by atoms with Crippen LogP contribution in [0.25, 0.3) is 0 Å². The zero-order valence-corrected chi connectivity index (χ0v) is 12.8. The number of methoxy groups -OCH3 is 1. The zero-order valence-electron chi connectivity index (χ0n) is 12.8. The monoisotopic (exact) mass is 278 g/mol. The number of piperidine rings is 1. The fraction of sp³-hybridized carbons (Fsp3) is 0.625. The zero-order chi connectivity index (χ0) is 14.5. The summed E-state index contributed by atoms with van der Waals surface area (Å²) in [5.41, 5.74) is 7.01. The molecule has 2 N–H and O–H groups in total. The third-order valence-corrected chi connectivity index (χ3v) is 4.05. The molecule has 1 fully saturated rings. The Balaban J connectivity index is 2.08. The Kier molecular flexibility index (Phi) is 5.26.